The molecule has 10 nitrogen and oxygen atoms in total. The summed E-state index contributed by atoms with van der Waals surface area (Å²) in [5, 5.41) is 21.9. The van der Waals surface area contributed by atoms with Crippen molar-refractivity contribution in [2.45, 2.75) is 45.8 Å². The highest BCUT2D eigenvalue weighted by Crippen LogP contribution is 2.33. The van der Waals surface area contributed by atoms with Crippen molar-refractivity contribution >= 4 is 17.0 Å². The van der Waals surface area contributed by atoms with Gasteiger partial charge in [-0.1, -0.05) is 20.8 Å². The highest BCUT2D eigenvalue weighted by atomic mass is 16.5. The van der Waals surface area contributed by atoms with Gasteiger partial charge in [0.1, 0.15) is 24.0 Å². The summed E-state index contributed by atoms with van der Waals surface area (Å²) in [4.78, 5) is 17.8. The van der Waals surface area contributed by atoms with Crippen LogP contribution < -0.4 is 4.74 Å². The van der Waals surface area contributed by atoms with E-state index in [0.29, 0.717) is 25.1 Å². The first-order valence-corrected chi connectivity index (χ1v) is 11.3. The smallest absolute Gasteiger partial charge is 0.407 e. The van der Waals surface area contributed by atoms with Crippen LogP contribution in [0.15, 0.2) is 55.1 Å². The van der Waals surface area contributed by atoms with E-state index in [4.69, 9.17) is 4.74 Å². The first-order valence-electron chi connectivity index (χ1n) is 11.3. The molecule has 10 heteroatoms. The van der Waals surface area contributed by atoms with Crippen LogP contribution >= 0.6 is 0 Å². The molecule has 4 aromatic rings. The van der Waals surface area contributed by atoms with Gasteiger partial charge < -0.3 is 19.3 Å². The fourth-order valence-corrected chi connectivity index (χ4v) is 4.62. The molecule has 1 saturated heterocycles. The zero-order valence-corrected chi connectivity index (χ0v) is 19.4. The minimum atomic E-state index is -0.867. The van der Waals surface area contributed by atoms with Gasteiger partial charge in [-0.15, -0.1) is 5.10 Å². The van der Waals surface area contributed by atoms with Crippen LogP contribution in [0, 0.1) is 5.41 Å². The van der Waals surface area contributed by atoms with Crippen LogP contribution in [0.2, 0.25) is 0 Å². The number of tetrazole rings is 1. The van der Waals surface area contributed by atoms with Crippen molar-refractivity contribution in [3.8, 4) is 17.3 Å². The molecule has 1 aliphatic rings. The second-order valence-electron chi connectivity index (χ2n) is 9.66. The summed E-state index contributed by atoms with van der Waals surface area (Å²) >= 11 is 0. The number of piperidine rings is 1. The lowest BCUT2D eigenvalue weighted by Gasteiger charge is -2.44. The van der Waals surface area contributed by atoms with Gasteiger partial charge in [-0.05, 0) is 52.2 Å². The zero-order valence-electron chi connectivity index (χ0n) is 19.4. The molecule has 0 spiro atoms. The van der Waals surface area contributed by atoms with Crippen molar-refractivity contribution in [3.05, 3.63) is 55.1 Å². The predicted octanol–water partition coefficient (Wildman–Crippen LogP) is 3.94. The molecular weight excluding hydrogens is 434 g/mol. The van der Waals surface area contributed by atoms with Gasteiger partial charge in [0.2, 0.25) is 0 Å². The normalized spacial score (nSPS) is 18.9. The number of carboxylic acid groups (broad SMARTS) is 1. The lowest BCUT2D eigenvalue weighted by Crippen LogP contribution is -2.53. The van der Waals surface area contributed by atoms with E-state index in [0.717, 1.165) is 22.4 Å². The van der Waals surface area contributed by atoms with Crippen LogP contribution in [0.3, 0.4) is 0 Å². The molecule has 1 aliphatic heterocycles. The number of rotatable bonds is 4. The van der Waals surface area contributed by atoms with Gasteiger partial charge in [-0.2, -0.15) is 0 Å². The number of benzene rings is 1. The van der Waals surface area contributed by atoms with Gasteiger partial charge in [-0.3, -0.25) is 0 Å². The third-order valence-electron chi connectivity index (χ3n) is 6.36. The van der Waals surface area contributed by atoms with Gasteiger partial charge in [0, 0.05) is 37.0 Å². The number of pyridine rings is 1. The first-order chi connectivity index (χ1) is 16.3. The maximum atomic E-state index is 11.7. The SMILES string of the molecule is CC(C)(C)C1CC(Oc2ccc(-n3ccc4cc(-n5cnnn5)ccc43)nc2)CCN1C(=O)O. The van der Waals surface area contributed by atoms with E-state index < -0.39 is 6.09 Å². The van der Waals surface area contributed by atoms with Gasteiger partial charge in [0.25, 0.3) is 0 Å². The van der Waals surface area contributed by atoms with Crippen molar-refractivity contribution in [1.29, 1.82) is 0 Å². The fraction of sp³-hybridized carbons (Fsp3) is 0.375. The molecule has 0 aliphatic carbocycles. The summed E-state index contributed by atoms with van der Waals surface area (Å²) in [7, 11) is 0. The Morgan fingerprint density at radius 2 is 2.03 bits per heavy atom. The fourth-order valence-electron chi connectivity index (χ4n) is 4.62. The van der Waals surface area contributed by atoms with Crippen LogP contribution in [-0.2, 0) is 0 Å². The third-order valence-corrected chi connectivity index (χ3v) is 6.36. The van der Waals surface area contributed by atoms with Crippen LogP contribution in [-0.4, -0.2) is 64.5 Å². The number of hydrogen-bond donors (Lipinski definition) is 1. The van der Waals surface area contributed by atoms with E-state index in [1.807, 2.05) is 47.2 Å². The molecular formula is C24H27N7O3. The number of carbonyl (C=O) groups is 1. The summed E-state index contributed by atoms with van der Waals surface area (Å²) < 4.78 is 9.85. The van der Waals surface area contributed by atoms with E-state index in [2.05, 4.69) is 41.3 Å². The quantitative estimate of drug-likeness (QED) is 0.490. The monoisotopic (exact) mass is 461 g/mol. The molecule has 3 aromatic heterocycles. The van der Waals surface area contributed by atoms with Crippen LogP contribution in [0.1, 0.15) is 33.6 Å². The van der Waals surface area contributed by atoms with Crippen molar-refractivity contribution in [3.63, 3.8) is 0 Å². The van der Waals surface area contributed by atoms with Crippen molar-refractivity contribution < 1.29 is 14.6 Å². The molecule has 0 radical (unpaired) electrons. The van der Waals surface area contributed by atoms with Gasteiger partial charge >= 0.3 is 6.09 Å². The largest absolute Gasteiger partial charge is 0.489 e. The maximum Gasteiger partial charge on any atom is 0.407 e. The molecule has 1 amide bonds. The molecule has 1 N–H and O–H groups in total. The number of nitrogens with zero attached hydrogens (tertiary/aromatic N) is 7. The minimum absolute atomic E-state index is 0.0513. The summed E-state index contributed by atoms with van der Waals surface area (Å²) in [6.07, 6.45) is 5.67. The van der Waals surface area contributed by atoms with E-state index in [1.165, 1.54) is 0 Å². The Morgan fingerprint density at radius 1 is 1.18 bits per heavy atom. The number of amides is 1. The molecule has 5 rings (SSSR count). The molecule has 2 atom stereocenters. The molecule has 34 heavy (non-hydrogen) atoms. The Balaban J connectivity index is 1.31. The van der Waals surface area contributed by atoms with Crippen molar-refractivity contribution in [2.24, 2.45) is 5.41 Å². The van der Waals surface area contributed by atoms with Crippen LogP contribution in [0.5, 0.6) is 5.75 Å². The zero-order chi connectivity index (χ0) is 23.9. The Labute approximate surface area is 196 Å². The van der Waals surface area contributed by atoms with Crippen LogP contribution in [0.25, 0.3) is 22.4 Å². The number of hydrogen-bond acceptors (Lipinski definition) is 6. The summed E-state index contributed by atoms with van der Waals surface area (Å²) in [5.41, 5.74) is 1.74. The highest BCUT2D eigenvalue weighted by Gasteiger charge is 2.39. The molecule has 0 saturated carbocycles. The van der Waals surface area contributed by atoms with Gasteiger partial charge in [0.05, 0.1) is 17.4 Å². The molecule has 1 fully saturated rings. The summed E-state index contributed by atoms with van der Waals surface area (Å²) in [5.74, 6) is 1.47. The summed E-state index contributed by atoms with van der Waals surface area (Å²) in [6.45, 7) is 6.67. The maximum absolute atomic E-state index is 11.7. The number of ether oxygens (including phenoxy) is 1. The molecule has 4 heterocycles. The Bertz CT molecular complexity index is 1290. The predicted molar refractivity (Wildman–Crippen MR) is 125 cm³/mol. The van der Waals surface area contributed by atoms with E-state index in [-0.39, 0.29) is 17.6 Å². The van der Waals surface area contributed by atoms with Crippen LogP contribution in [0.4, 0.5) is 4.79 Å². The Morgan fingerprint density at radius 3 is 2.71 bits per heavy atom. The van der Waals surface area contributed by atoms with Crippen molar-refractivity contribution in [2.75, 3.05) is 6.54 Å². The van der Waals surface area contributed by atoms with Gasteiger partial charge in [-0.25, -0.2) is 14.5 Å². The molecule has 0 bridgehead atoms. The number of likely N-dealkylation sites (tertiary alicyclic amines) is 1. The van der Waals surface area contributed by atoms with Crippen molar-refractivity contribution in [1.82, 2.24) is 34.7 Å². The Hall–Kier alpha value is -3.95. The lowest BCUT2D eigenvalue weighted by atomic mass is 9.80. The minimum Gasteiger partial charge on any atom is -0.489 e. The van der Waals surface area contributed by atoms with E-state index >= 15 is 0 Å². The molecule has 1 aromatic carbocycles. The molecule has 2 unspecified atom stereocenters. The second kappa shape index (κ2) is 8.44. The topological polar surface area (TPSA) is 111 Å². The first kappa shape index (κ1) is 21.9. The average Bonchev–Trinajstić information content (AvgIpc) is 3.49. The number of aromatic nitrogens is 6. The summed E-state index contributed by atoms with van der Waals surface area (Å²) in [6, 6.07) is 11.8. The average molecular weight is 462 g/mol. The standard InChI is InChI=1S/C24H27N7O3/c1-24(2,3)21-13-18(9-11-30(21)23(32)33)34-19-5-7-22(25-14-19)29-10-8-16-12-17(4-6-20(16)29)31-15-26-27-28-31/h4-8,10,12,14-15,18,21H,9,11,13H2,1-3H3,(H,32,33). The molecule has 176 valence electrons. The second-order valence-corrected chi connectivity index (χ2v) is 9.66. The lowest BCUT2D eigenvalue weighted by molar-refractivity contribution is 0.0129. The Kier molecular flexibility index (Phi) is 5.43. The van der Waals surface area contributed by atoms with E-state index in [9.17, 15) is 9.90 Å². The van der Waals surface area contributed by atoms with E-state index in [1.54, 1.807) is 22.1 Å². The van der Waals surface area contributed by atoms with Gasteiger partial charge in [0.15, 0.2) is 0 Å². The number of fused-ring (bicyclic) bond motifs is 1. The highest BCUT2D eigenvalue weighted by molar-refractivity contribution is 5.83. The third kappa shape index (κ3) is 4.18.